The van der Waals surface area contributed by atoms with Gasteiger partial charge >= 0.3 is 0 Å². The maximum Gasteiger partial charge on any atom is 0.245 e. The molecule has 230 valence electrons. The van der Waals surface area contributed by atoms with Gasteiger partial charge in [-0.15, -0.1) is 0 Å². The summed E-state index contributed by atoms with van der Waals surface area (Å²) in [4.78, 5) is 50.9. The molecule has 43 heavy (non-hydrogen) atoms. The van der Waals surface area contributed by atoms with Crippen LogP contribution in [0.15, 0.2) is 24.5 Å². The second-order valence-electron chi connectivity index (χ2n) is 14.0. The molecule has 4 atom stereocenters. The van der Waals surface area contributed by atoms with Gasteiger partial charge in [0, 0.05) is 42.4 Å². The highest BCUT2D eigenvalue weighted by molar-refractivity contribution is 6.07. The number of benzene rings is 1. The summed E-state index contributed by atoms with van der Waals surface area (Å²) in [5, 5.41) is 8.67. The van der Waals surface area contributed by atoms with Crippen LogP contribution in [0, 0.1) is 31.1 Å². The number of nitrogens with one attached hydrogen (secondary N) is 1. The summed E-state index contributed by atoms with van der Waals surface area (Å²) in [5.74, 6) is 1.37. The number of hydrogen-bond acceptors (Lipinski definition) is 6. The van der Waals surface area contributed by atoms with Crippen molar-refractivity contribution in [3.63, 3.8) is 0 Å². The maximum absolute atomic E-state index is 14.0. The van der Waals surface area contributed by atoms with Crippen molar-refractivity contribution in [3.8, 4) is 11.1 Å². The fourth-order valence-corrected chi connectivity index (χ4v) is 6.83. The second-order valence-corrected chi connectivity index (χ2v) is 14.0. The fraction of sp³-hybridized carbons (Fsp3) is 0.588. The molecule has 9 heteroatoms. The van der Waals surface area contributed by atoms with E-state index in [9.17, 15) is 14.4 Å². The molecule has 1 N–H and O–H groups in total. The van der Waals surface area contributed by atoms with Crippen LogP contribution in [-0.4, -0.2) is 60.4 Å². The van der Waals surface area contributed by atoms with E-state index < -0.39 is 6.04 Å². The van der Waals surface area contributed by atoms with Gasteiger partial charge in [0.1, 0.15) is 24.1 Å². The van der Waals surface area contributed by atoms with Gasteiger partial charge in [0.15, 0.2) is 5.78 Å². The Morgan fingerprint density at radius 1 is 1.00 bits per heavy atom. The quantitative estimate of drug-likeness (QED) is 0.291. The number of rotatable bonds is 11. The molecule has 1 saturated heterocycles. The van der Waals surface area contributed by atoms with E-state index in [0.717, 1.165) is 47.9 Å². The number of fused-ring (bicyclic) bond motifs is 2. The largest absolute Gasteiger partial charge is 0.352 e. The van der Waals surface area contributed by atoms with Crippen molar-refractivity contribution in [2.75, 3.05) is 0 Å². The molecule has 0 spiro atoms. The zero-order valence-electron chi connectivity index (χ0n) is 26.9. The van der Waals surface area contributed by atoms with Gasteiger partial charge in [-0.1, -0.05) is 34.6 Å². The number of carbonyl (C=O) groups is 3. The van der Waals surface area contributed by atoms with Crippen molar-refractivity contribution in [2.45, 2.75) is 112 Å². The van der Waals surface area contributed by atoms with E-state index in [1.54, 1.807) is 17.1 Å². The predicted molar refractivity (Wildman–Crippen MR) is 167 cm³/mol. The first-order chi connectivity index (χ1) is 20.3. The van der Waals surface area contributed by atoms with E-state index in [1.165, 1.54) is 6.92 Å². The Kier molecular flexibility index (Phi) is 8.47. The van der Waals surface area contributed by atoms with Crippen LogP contribution in [0.5, 0.6) is 0 Å². The molecule has 2 aromatic heterocycles. The van der Waals surface area contributed by atoms with Crippen LogP contribution in [0.1, 0.15) is 95.5 Å². The number of aromatic nitrogens is 4. The predicted octanol–water partition coefficient (Wildman–Crippen LogP) is 5.66. The zero-order valence-corrected chi connectivity index (χ0v) is 26.9. The van der Waals surface area contributed by atoms with E-state index in [1.807, 2.05) is 30.9 Å². The number of hydrogen-bond donors (Lipinski definition) is 1. The van der Waals surface area contributed by atoms with E-state index in [0.29, 0.717) is 35.2 Å². The van der Waals surface area contributed by atoms with E-state index in [4.69, 9.17) is 0 Å². The van der Waals surface area contributed by atoms with Gasteiger partial charge in [-0.2, -0.15) is 5.10 Å². The highest BCUT2D eigenvalue weighted by atomic mass is 16.2. The molecule has 0 radical (unpaired) electrons. The molecule has 1 saturated carbocycles. The zero-order chi connectivity index (χ0) is 31.2. The average Bonchev–Trinajstić information content (AvgIpc) is 3.28. The van der Waals surface area contributed by atoms with Gasteiger partial charge in [0.25, 0.3) is 0 Å². The van der Waals surface area contributed by atoms with Crippen molar-refractivity contribution in [3.05, 3.63) is 41.6 Å². The van der Waals surface area contributed by atoms with Gasteiger partial charge in [-0.3, -0.25) is 19.1 Å². The first kappa shape index (κ1) is 30.8. The van der Waals surface area contributed by atoms with Gasteiger partial charge < -0.3 is 10.2 Å². The summed E-state index contributed by atoms with van der Waals surface area (Å²) in [5.41, 5.74) is 3.68. The molecule has 3 heterocycles. The molecule has 2 aliphatic rings. The van der Waals surface area contributed by atoms with Crippen molar-refractivity contribution in [1.82, 2.24) is 30.0 Å². The molecule has 1 aliphatic heterocycles. The third kappa shape index (κ3) is 6.36. The van der Waals surface area contributed by atoms with Crippen molar-refractivity contribution >= 4 is 28.5 Å². The lowest BCUT2D eigenvalue weighted by molar-refractivity contribution is -0.140. The first-order valence-electron chi connectivity index (χ1n) is 15.7. The number of Topliss-reactive ketones (excluding diaryl/α,β-unsaturated/α-hetero) is 1. The second kappa shape index (κ2) is 11.8. The Balaban J connectivity index is 1.42. The van der Waals surface area contributed by atoms with E-state index in [2.05, 4.69) is 55.0 Å². The molecule has 5 rings (SSSR count). The molecular formula is C34H46N6O3. The van der Waals surface area contributed by atoms with Gasteiger partial charge in [-0.05, 0) is 86.5 Å². The molecule has 2 fully saturated rings. The maximum atomic E-state index is 14.0. The van der Waals surface area contributed by atoms with Crippen LogP contribution < -0.4 is 5.32 Å². The number of likely N-dealkylation sites (tertiary alicyclic amines) is 1. The Morgan fingerprint density at radius 2 is 1.70 bits per heavy atom. The number of ketones is 1. The van der Waals surface area contributed by atoms with Crippen LogP contribution in [0.3, 0.4) is 0 Å². The molecule has 2 unspecified atom stereocenters. The first-order valence-corrected chi connectivity index (χ1v) is 15.7. The lowest BCUT2D eigenvalue weighted by Crippen LogP contribution is -2.51. The number of aryl methyl sites for hydroxylation is 2. The third-order valence-corrected chi connectivity index (χ3v) is 9.19. The smallest absolute Gasteiger partial charge is 0.245 e. The monoisotopic (exact) mass is 586 g/mol. The molecule has 9 nitrogen and oxygen atoms in total. The van der Waals surface area contributed by atoms with Crippen LogP contribution in [0.4, 0.5) is 0 Å². The van der Waals surface area contributed by atoms with Crippen LogP contribution in [0.2, 0.25) is 0 Å². The van der Waals surface area contributed by atoms with E-state index in [-0.39, 0.29) is 41.6 Å². The van der Waals surface area contributed by atoms with Crippen molar-refractivity contribution < 1.29 is 14.4 Å². The Hall–Kier alpha value is -3.62. The molecule has 0 bridgehead atoms. The standard InChI is InChI=1S/C34H46N6O3/c1-19(2)9-10-26(11-20(3)4)37-33(43)28-14-34(8)15-29(34)40(28)30(42)18-39-32-21(5)12-24(25-16-35-23(7)36-17-25)13-27(32)31(38-39)22(6)41/h12-13,16-17,19-20,26,28-29H,9-11,14-15,18H2,1-8H3,(H,37,43)/t26?,28-,29?,34-/m0/s1. The minimum absolute atomic E-state index is 0.0270. The lowest BCUT2D eigenvalue weighted by Gasteiger charge is -2.30. The van der Waals surface area contributed by atoms with Crippen molar-refractivity contribution in [2.24, 2.45) is 17.3 Å². The van der Waals surface area contributed by atoms with Crippen LogP contribution >= 0.6 is 0 Å². The summed E-state index contributed by atoms with van der Waals surface area (Å²) in [6.07, 6.45) is 8.02. The third-order valence-electron chi connectivity index (χ3n) is 9.19. The molecular weight excluding hydrogens is 540 g/mol. The number of piperidine rings is 1. The van der Waals surface area contributed by atoms with Crippen LogP contribution in [-0.2, 0) is 16.1 Å². The normalized spacial score (nSPS) is 21.9. The Bertz CT molecular complexity index is 1540. The number of amides is 2. The summed E-state index contributed by atoms with van der Waals surface area (Å²) in [7, 11) is 0. The lowest BCUT2D eigenvalue weighted by atomic mass is 9.95. The Morgan fingerprint density at radius 3 is 2.33 bits per heavy atom. The fourth-order valence-electron chi connectivity index (χ4n) is 6.83. The molecule has 1 aromatic carbocycles. The van der Waals surface area contributed by atoms with E-state index >= 15 is 0 Å². The summed E-state index contributed by atoms with van der Waals surface area (Å²) in [6, 6.07) is 3.60. The van der Waals surface area contributed by atoms with Gasteiger partial charge in [0.2, 0.25) is 11.8 Å². The molecule has 3 aromatic rings. The Labute approximate surface area is 254 Å². The van der Waals surface area contributed by atoms with Gasteiger partial charge in [-0.25, -0.2) is 9.97 Å². The minimum atomic E-state index is -0.492. The number of nitrogens with zero attached hydrogens (tertiary/aromatic N) is 5. The molecule has 1 aliphatic carbocycles. The summed E-state index contributed by atoms with van der Waals surface area (Å²) >= 11 is 0. The topological polar surface area (TPSA) is 110 Å². The molecule has 2 amide bonds. The number of carbonyl (C=O) groups excluding carboxylic acids is 3. The average molecular weight is 587 g/mol. The highest BCUT2D eigenvalue weighted by Crippen LogP contribution is 2.59. The van der Waals surface area contributed by atoms with Crippen LogP contribution in [0.25, 0.3) is 22.0 Å². The SMILES string of the molecule is CC(=O)c1nn(CC(=O)N2C3C[C@]3(C)C[C@H]2C(=O)NC(CCC(C)C)CC(C)C)c2c(C)cc(-c3cnc(C)nc3)cc12. The summed E-state index contributed by atoms with van der Waals surface area (Å²) in [6.45, 7) is 16.2. The van der Waals surface area contributed by atoms with Crippen molar-refractivity contribution in [1.29, 1.82) is 0 Å². The highest BCUT2D eigenvalue weighted by Gasteiger charge is 2.64. The van der Waals surface area contributed by atoms with Gasteiger partial charge in [0.05, 0.1) is 5.52 Å². The minimum Gasteiger partial charge on any atom is -0.352 e. The summed E-state index contributed by atoms with van der Waals surface area (Å²) < 4.78 is 1.65.